The Morgan fingerprint density at radius 1 is 1.10 bits per heavy atom. The van der Waals surface area contributed by atoms with Gasteiger partial charge in [-0.05, 0) is 78.5 Å². The van der Waals surface area contributed by atoms with Crippen molar-refractivity contribution in [3.05, 3.63) is 59.2 Å². The number of carboxylic acid groups (broad SMARTS) is 1. The Balaban J connectivity index is 0.00000616. The van der Waals surface area contributed by atoms with Crippen LogP contribution in [0, 0.1) is 12.8 Å². The second kappa shape index (κ2) is 18.1. The quantitative estimate of drug-likeness (QED) is 0.293. The van der Waals surface area contributed by atoms with Gasteiger partial charge in [0.25, 0.3) is 5.91 Å². The van der Waals surface area contributed by atoms with Crippen molar-refractivity contribution >= 4 is 33.7 Å². The van der Waals surface area contributed by atoms with Crippen LogP contribution in [0.2, 0.25) is 0 Å². The molecule has 1 fully saturated rings. The van der Waals surface area contributed by atoms with Crippen molar-refractivity contribution in [2.75, 3.05) is 24.3 Å². The van der Waals surface area contributed by atoms with Crippen molar-refractivity contribution in [3.63, 3.8) is 0 Å². The third kappa shape index (κ3) is 10.7. The summed E-state index contributed by atoms with van der Waals surface area (Å²) >= 11 is 1.50. The Morgan fingerprint density at radius 2 is 1.81 bits per heavy atom. The van der Waals surface area contributed by atoms with Crippen LogP contribution in [0.15, 0.2) is 42.5 Å². The Labute approximate surface area is 268 Å². The number of hydrogen-bond acceptors (Lipinski definition) is 6. The molecule has 42 heavy (non-hydrogen) atoms. The molecule has 0 bridgehead atoms. The summed E-state index contributed by atoms with van der Waals surface area (Å²) in [6.07, 6.45) is 10.4. The minimum absolute atomic E-state index is 0. The van der Waals surface area contributed by atoms with Gasteiger partial charge in [0, 0.05) is 18.7 Å². The minimum atomic E-state index is -3.45. The van der Waals surface area contributed by atoms with Gasteiger partial charge in [-0.2, -0.15) is 16.1 Å². The maximum absolute atomic E-state index is 13.4. The zero-order chi connectivity index (χ0) is 29.8. The summed E-state index contributed by atoms with van der Waals surface area (Å²) in [4.78, 5) is 25.1. The van der Waals surface area contributed by atoms with Crippen molar-refractivity contribution in [2.45, 2.75) is 84.2 Å². The second-order valence-electron chi connectivity index (χ2n) is 11.1. The largest absolute Gasteiger partial charge is 1.00 e. The average molecular weight is 609 g/mol. The Morgan fingerprint density at radius 3 is 2.45 bits per heavy atom. The number of sulfonamides is 1. The van der Waals surface area contributed by atoms with Crippen LogP contribution in [-0.4, -0.2) is 54.9 Å². The molecule has 0 saturated heterocycles. The maximum Gasteiger partial charge on any atom is 1.00 e. The molecule has 2 aromatic carbocycles. The number of nitrogens with one attached hydrogen (secondary N) is 1. The molecular formula is C32H45LiN2O5S2. The fraction of sp³-hybridized carbons (Fsp3) is 0.562. The van der Waals surface area contributed by atoms with Crippen LogP contribution in [0.4, 0.5) is 0 Å². The van der Waals surface area contributed by atoms with E-state index in [1.807, 2.05) is 50.4 Å². The fourth-order valence-corrected chi connectivity index (χ4v) is 7.60. The first-order valence-corrected chi connectivity index (χ1v) is 17.8. The van der Waals surface area contributed by atoms with Crippen LogP contribution in [-0.2, 0) is 21.4 Å². The smallest absolute Gasteiger partial charge is 0.548 e. The van der Waals surface area contributed by atoms with Gasteiger partial charge >= 0.3 is 18.9 Å². The first kappa shape index (κ1) is 36.4. The number of carbonyl (C=O) groups excluding carboxylic acids is 2. The molecule has 226 valence electrons. The molecule has 1 aliphatic rings. The van der Waals surface area contributed by atoms with Gasteiger partial charge in [0.2, 0.25) is 10.0 Å². The first-order chi connectivity index (χ1) is 19.7. The summed E-state index contributed by atoms with van der Waals surface area (Å²) in [6.45, 7) is 4.67. The molecule has 1 amide bonds. The summed E-state index contributed by atoms with van der Waals surface area (Å²) in [5, 5.41) is 14.3. The zero-order valence-electron chi connectivity index (χ0n) is 25.7. The van der Waals surface area contributed by atoms with E-state index in [0.717, 1.165) is 42.4 Å². The molecule has 0 heterocycles. The number of carbonyl (C=O) groups is 2. The molecule has 2 aromatic rings. The van der Waals surface area contributed by atoms with Crippen LogP contribution in [0.1, 0.15) is 86.2 Å². The van der Waals surface area contributed by atoms with Gasteiger partial charge in [0.15, 0.2) is 0 Å². The van der Waals surface area contributed by atoms with Gasteiger partial charge in [0.1, 0.15) is 0 Å². The molecular weight excluding hydrogens is 563 g/mol. The zero-order valence-corrected chi connectivity index (χ0v) is 27.3. The van der Waals surface area contributed by atoms with Gasteiger partial charge in [-0.15, -0.1) is 0 Å². The van der Waals surface area contributed by atoms with E-state index in [2.05, 4.69) is 5.32 Å². The van der Waals surface area contributed by atoms with Crippen LogP contribution in [0.5, 0.6) is 0 Å². The maximum atomic E-state index is 13.4. The molecule has 0 aromatic heterocycles. The SMILES string of the molecule is CCCCS(=O)(=O)N(CCC1CCCCC1)Cc1ccc(C(=O)N[C@@H](CCSC)C(=O)[O-])c(-c2ccccc2C)c1.[Li+]. The van der Waals surface area contributed by atoms with Crippen molar-refractivity contribution in [3.8, 4) is 11.1 Å². The van der Waals surface area contributed by atoms with E-state index in [-0.39, 0.29) is 37.6 Å². The van der Waals surface area contributed by atoms with E-state index < -0.39 is 27.9 Å². The number of rotatable bonds is 16. The van der Waals surface area contributed by atoms with Gasteiger partial charge in [-0.25, -0.2) is 8.42 Å². The van der Waals surface area contributed by atoms with E-state index in [9.17, 15) is 23.1 Å². The molecule has 0 spiro atoms. The summed E-state index contributed by atoms with van der Waals surface area (Å²) < 4.78 is 28.5. The molecule has 1 atom stereocenters. The van der Waals surface area contributed by atoms with E-state index in [1.54, 1.807) is 16.4 Å². The van der Waals surface area contributed by atoms with E-state index >= 15 is 0 Å². The normalized spacial score (nSPS) is 14.8. The Kier molecular flexibility index (Phi) is 15.7. The van der Waals surface area contributed by atoms with E-state index in [1.165, 1.54) is 31.0 Å². The predicted octanol–water partition coefficient (Wildman–Crippen LogP) is 2.17. The first-order valence-electron chi connectivity index (χ1n) is 14.8. The number of nitrogens with zero attached hydrogens (tertiary/aromatic N) is 1. The topological polar surface area (TPSA) is 107 Å². The van der Waals surface area contributed by atoms with Crippen LogP contribution < -0.4 is 29.3 Å². The van der Waals surface area contributed by atoms with Gasteiger partial charge in [0.05, 0.1) is 17.8 Å². The Bertz CT molecular complexity index is 1270. The number of amides is 1. The van der Waals surface area contributed by atoms with Crippen molar-refractivity contribution < 1.29 is 42.0 Å². The molecule has 0 radical (unpaired) electrons. The third-order valence-corrected chi connectivity index (χ3v) is 10.5. The summed E-state index contributed by atoms with van der Waals surface area (Å²) in [5.74, 6) is -0.544. The number of carboxylic acids is 1. The van der Waals surface area contributed by atoms with Crippen LogP contribution >= 0.6 is 11.8 Å². The third-order valence-electron chi connectivity index (χ3n) is 7.98. The number of aliphatic carboxylic acids is 1. The number of aryl methyl sites for hydroxylation is 1. The van der Waals surface area contributed by atoms with E-state index in [4.69, 9.17) is 0 Å². The van der Waals surface area contributed by atoms with Crippen molar-refractivity contribution in [2.24, 2.45) is 5.92 Å². The molecule has 10 heteroatoms. The number of benzene rings is 2. The summed E-state index contributed by atoms with van der Waals surface area (Å²) in [7, 11) is -3.45. The average Bonchev–Trinajstić information content (AvgIpc) is 2.96. The fourth-order valence-electron chi connectivity index (χ4n) is 5.48. The monoisotopic (exact) mass is 608 g/mol. The molecule has 3 rings (SSSR count). The Hall–Kier alpha value is -1.76. The summed E-state index contributed by atoms with van der Waals surface area (Å²) in [5.41, 5.74) is 3.60. The van der Waals surface area contributed by atoms with Crippen molar-refractivity contribution in [1.82, 2.24) is 9.62 Å². The second-order valence-corrected chi connectivity index (χ2v) is 14.2. The van der Waals surface area contributed by atoms with Crippen LogP contribution in [0.25, 0.3) is 11.1 Å². The number of thioether (sulfide) groups is 1. The van der Waals surface area contributed by atoms with E-state index in [0.29, 0.717) is 35.8 Å². The van der Waals surface area contributed by atoms with Crippen molar-refractivity contribution in [1.29, 1.82) is 0 Å². The molecule has 1 N–H and O–H groups in total. The minimum Gasteiger partial charge on any atom is -0.548 e. The predicted molar refractivity (Wildman–Crippen MR) is 166 cm³/mol. The molecule has 1 saturated carbocycles. The van der Waals surface area contributed by atoms with Gasteiger partial charge < -0.3 is 15.2 Å². The van der Waals surface area contributed by atoms with Gasteiger partial charge in [-0.1, -0.05) is 75.8 Å². The summed E-state index contributed by atoms with van der Waals surface area (Å²) in [6, 6.07) is 12.0. The molecule has 0 unspecified atom stereocenters. The molecule has 7 nitrogen and oxygen atoms in total. The molecule has 0 aliphatic heterocycles. The molecule has 1 aliphatic carbocycles. The standard InChI is InChI=1S/C32H46N2O5S2.Li/c1-4-5-21-41(38,39)34(19-17-25-12-7-6-8-13-25)23-26-15-16-28(29(22-26)27-14-10-9-11-24(27)2)31(35)33-30(32(36)37)18-20-40-3;/h9-11,14-16,22,25,30H,4-8,12-13,17-21,23H2,1-3H3,(H,33,35)(H,36,37);/q;+1/p-1/t30-;/m0./s1. The number of hydrogen-bond donors (Lipinski definition) is 1. The van der Waals surface area contributed by atoms with Crippen LogP contribution in [0.3, 0.4) is 0 Å². The van der Waals surface area contributed by atoms with Gasteiger partial charge in [-0.3, -0.25) is 4.79 Å². The number of unbranched alkanes of at least 4 members (excludes halogenated alkanes) is 1.